The van der Waals surface area contributed by atoms with Gasteiger partial charge >= 0.3 is 0 Å². The maximum absolute atomic E-state index is 4.87. The van der Waals surface area contributed by atoms with Gasteiger partial charge < -0.3 is 4.84 Å². The van der Waals surface area contributed by atoms with Crippen molar-refractivity contribution in [3.63, 3.8) is 0 Å². The largest absolute Gasteiger partial charge is 0.303 e. The average molecular weight is 135 g/mol. The van der Waals surface area contributed by atoms with Crippen molar-refractivity contribution in [3.05, 3.63) is 0 Å². The van der Waals surface area contributed by atoms with Gasteiger partial charge in [-0.15, -0.1) is 0 Å². The molecule has 0 fully saturated rings. The summed E-state index contributed by atoms with van der Waals surface area (Å²) in [5.41, 5.74) is 0. The van der Waals surface area contributed by atoms with Crippen molar-refractivity contribution in [2.75, 3.05) is 32.7 Å². The van der Waals surface area contributed by atoms with Gasteiger partial charge in [-0.3, -0.25) is 0 Å². The van der Waals surface area contributed by atoms with Gasteiger partial charge in [0.25, 0.3) is 0 Å². The summed E-state index contributed by atoms with van der Waals surface area (Å²) in [6.45, 7) is 0.998. The van der Waals surface area contributed by atoms with Crippen molar-refractivity contribution < 1.29 is 4.84 Å². The van der Waals surface area contributed by atoms with Gasteiger partial charge in [0, 0.05) is 19.3 Å². The Morgan fingerprint density at radius 3 is 2.62 bits per heavy atom. The zero-order valence-corrected chi connectivity index (χ0v) is 6.49. The molecule has 0 saturated carbocycles. The summed E-state index contributed by atoms with van der Waals surface area (Å²) in [5.74, 6) is 1.13. The van der Waals surface area contributed by atoms with Crippen molar-refractivity contribution in [2.24, 2.45) is 0 Å². The molecule has 8 heavy (non-hydrogen) atoms. The van der Waals surface area contributed by atoms with Gasteiger partial charge in [-0.25, -0.2) is 0 Å². The minimum Gasteiger partial charge on any atom is -0.303 e. The van der Waals surface area contributed by atoms with E-state index in [9.17, 15) is 0 Å². The quantitative estimate of drug-likeness (QED) is 0.530. The van der Waals surface area contributed by atoms with Crippen LogP contribution in [0.4, 0.5) is 0 Å². The van der Waals surface area contributed by atoms with Crippen LogP contribution in [-0.2, 0) is 4.84 Å². The minimum atomic E-state index is 0.998. The maximum Gasteiger partial charge on any atom is 0.0575 e. The molecular weight excluding hydrogens is 122 g/mol. The van der Waals surface area contributed by atoms with E-state index in [2.05, 4.69) is 6.26 Å². The fourth-order valence-electron chi connectivity index (χ4n) is 0.311. The second kappa shape index (κ2) is 5.41. The third-order valence-corrected chi connectivity index (χ3v) is 1.51. The Balaban J connectivity index is 2.86. The first-order valence-electron chi connectivity index (χ1n) is 2.55. The molecule has 0 unspecified atom stereocenters. The minimum absolute atomic E-state index is 0.998. The number of hydrogen-bond acceptors (Lipinski definition) is 3. The highest BCUT2D eigenvalue weighted by molar-refractivity contribution is 7.98. The first-order chi connectivity index (χ1) is 3.81. The number of rotatable bonds is 4. The summed E-state index contributed by atoms with van der Waals surface area (Å²) < 4.78 is 0. The first-order valence-corrected chi connectivity index (χ1v) is 3.95. The molecule has 0 heterocycles. The summed E-state index contributed by atoms with van der Waals surface area (Å²) in [5, 5.41) is 1.82. The SMILES string of the molecule is CON(C)CCSC. The monoisotopic (exact) mass is 135 g/mol. The van der Waals surface area contributed by atoms with Gasteiger partial charge in [0.05, 0.1) is 7.11 Å². The second-order valence-corrected chi connectivity index (χ2v) is 2.51. The molecule has 3 heteroatoms. The summed E-state index contributed by atoms with van der Waals surface area (Å²) in [7, 11) is 3.61. The standard InChI is InChI=1S/C5H13NOS/c1-6(7-2)4-5-8-3/h4-5H2,1-3H3. The van der Waals surface area contributed by atoms with E-state index in [-0.39, 0.29) is 0 Å². The Morgan fingerprint density at radius 1 is 1.62 bits per heavy atom. The van der Waals surface area contributed by atoms with Crippen molar-refractivity contribution in [1.29, 1.82) is 0 Å². The van der Waals surface area contributed by atoms with Crippen LogP contribution in [0.25, 0.3) is 0 Å². The molecule has 50 valence electrons. The van der Waals surface area contributed by atoms with Crippen molar-refractivity contribution in [1.82, 2.24) is 5.06 Å². The fraction of sp³-hybridized carbons (Fsp3) is 1.00. The van der Waals surface area contributed by atoms with E-state index >= 15 is 0 Å². The number of hydrogen-bond donors (Lipinski definition) is 0. The van der Waals surface area contributed by atoms with Crippen molar-refractivity contribution >= 4 is 11.8 Å². The lowest BCUT2D eigenvalue weighted by Crippen LogP contribution is -2.19. The molecule has 0 rings (SSSR count). The molecule has 0 aromatic carbocycles. The summed E-state index contributed by atoms with van der Waals surface area (Å²) in [6.07, 6.45) is 2.09. The Kier molecular flexibility index (Phi) is 5.59. The molecule has 0 aliphatic carbocycles. The van der Waals surface area contributed by atoms with Crippen LogP contribution < -0.4 is 0 Å². The zero-order valence-electron chi connectivity index (χ0n) is 5.68. The van der Waals surface area contributed by atoms with Crippen LogP contribution in [0.1, 0.15) is 0 Å². The maximum atomic E-state index is 4.87. The smallest absolute Gasteiger partial charge is 0.0575 e. The van der Waals surface area contributed by atoms with Gasteiger partial charge in [0.2, 0.25) is 0 Å². The summed E-state index contributed by atoms with van der Waals surface area (Å²) in [4.78, 5) is 4.87. The fourth-order valence-corrected chi connectivity index (χ4v) is 0.751. The van der Waals surface area contributed by atoms with Crippen LogP contribution >= 0.6 is 11.8 Å². The molecule has 0 aliphatic rings. The van der Waals surface area contributed by atoms with Crippen molar-refractivity contribution in [2.45, 2.75) is 0 Å². The Bertz CT molecular complexity index is 51.7. The molecule has 2 nitrogen and oxygen atoms in total. The summed E-state index contributed by atoms with van der Waals surface area (Å²) >= 11 is 1.82. The third-order valence-electron chi connectivity index (χ3n) is 0.922. The number of thioether (sulfide) groups is 1. The predicted octanol–water partition coefficient (Wildman–Crippen LogP) is 0.843. The van der Waals surface area contributed by atoms with Gasteiger partial charge in [-0.05, 0) is 6.26 Å². The highest BCUT2D eigenvalue weighted by Crippen LogP contribution is 1.91. The van der Waals surface area contributed by atoms with E-state index in [0.717, 1.165) is 12.3 Å². The van der Waals surface area contributed by atoms with Crippen LogP contribution in [0, 0.1) is 0 Å². The van der Waals surface area contributed by atoms with Gasteiger partial charge in [-0.1, -0.05) is 0 Å². The topological polar surface area (TPSA) is 12.5 Å². The lowest BCUT2D eigenvalue weighted by atomic mass is 10.7. The normalized spacial score (nSPS) is 10.5. The van der Waals surface area contributed by atoms with Crippen LogP contribution in [0.15, 0.2) is 0 Å². The Morgan fingerprint density at radius 2 is 2.25 bits per heavy atom. The lowest BCUT2D eigenvalue weighted by molar-refractivity contribution is -0.103. The lowest BCUT2D eigenvalue weighted by Gasteiger charge is -2.10. The molecule has 0 radical (unpaired) electrons. The predicted molar refractivity (Wildman–Crippen MR) is 38.0 cm³/mol. The second-order valence-electron chi connectivity index (χ2n) is 1.53. The van der Waals surface area contributed by atoms with Crippen LogP contribution in [0.5, 0.6) is 0 Å². The zero-order chi connectivity index (χ0) is 6.41. The van der Waals surface area contributed by atoms with E-state index in [4.69, 9.17) is 4.84 Å². The molecule has 0 aliphatic heterocycles. The third kappa shape index (κ3) is 4.43. The van der Waals surface area contributed by atoms with Crippen LogP contribution in [0.3, 0.4) is 0 Å². The van der Waals surface area contributed by atoms with E-state index in [1.807, 2.05) is 23.9 Å². The Labute approximate surface area is 55.1 Å². The van der Waals surface area contributed by atoms with Gasteiger partial charge in [-0.2, -0.15) is 16.8 Å². The molecule has 0 atom stereocenters. The van der Waals surface area contributed by atoms with Gasteiger partial charge in [0.15, 0.2) is 0 Å². The highest BCUT2D eigenvalue weighted by atomic mass is 32.2. The average Bonchev–Trinajstić information content (AvgIpc) is 1.83. The Hall–Kier alpha value is 0.270. The van der Waals surface area contributed by atoms with E-state index in [1.165, 1.54) is 0 Å². The molecular formula is C5H13NOS. The molecule has 0 aromatic heterocycles. The van der Waals surface area contributed by atoms with Gasteiger partial charge in [0.1, 0.15) is 0 Å². The molecule has 0 spiro atoms. The van der Waals surface area contributed by atoms with Crippen LogP contribution in [-0.4, -0.2) is 37.8 Å². The molecule has 0 aromatic rings. The molecule has 0 bridgehead atoms. The summed E-state index contributed by atoms with van der Waals surface area (Å²) in [6, 6.07) is 0. The van der Waals surface area contributed by atoms with Crippen LogP contribution in [0.2, 0.25) is 0 Å². The van der Waals surface area contributed by atoms with E-state index in [0.29, 0.717) is 0 Å². The van der Waals surface area contributed by atoms with Crippen molar-refractivity contribution in [3.8, 4) is 0 Å². The molecule has 0 saturated heterocycles. The number of nitrogens with zero attached hydrogens (tertiary/aromatic N) is 1. The molecule has 0 N–H and O–H groups in total. The molecule has 0 amide bonds. The first kappa shape index (κ1) is 8.27. The number of hydroxylamine groups is 2. The van der Waals surface area contributed by atoms with E-state index in [1.54, 1.807) is 7.11 Å². The highest BCUT2D eigenvalue weighted by Gasteiger charge is 1.90. The van der Waals surface area contributed by atoms with E-state index < -0.39 is 0 Å².